The summed E-state index contributed by atoms with van der Waals surface area (Å²) in [6, 6.07) is 22.3. The summed E-state index contributed by atoms with van der Waals surface area (Å²) in [6.07, 6.45) is 2.31. The van der Waals surface area contributed by atoms with Crippen LogP contribution in [0.5, 0.6) is 0 Å². The number of rotatable bonds is 2. The van der Waals surface area contributed by atoms with Crippen molar-refractivity contribution in [3.63, 3.8) is 0 Å². The molecular formula is C18H18N2. The first-order valence-electron chi connectivity index (χ1n) is 7.35. The van der Waals surface area contributed by atoms with E-state index in [1.807, 2.05) is 0 Å². The Morgan fingerprint density at radius 1 is 0.850 bits per heavy atom. The summed E-state index contributed by atoms with van der Waals surface area (Å²) in [5, 5.41) is 0. The van der Waals surface area contributed by atoms with Crippen LogP contribution in [0.25, 0.3) is 0 Å². The van der Waals surface area contributed by atoms with Gasteiger partial charge in [0.1, 0.15) is 5.84 Å². The molecule has 2 atom stereocenters. The number of fused-ring (bicyclic) bond motifs is 1. The van der Waals surface area contributed by atoms with E-state index >= 15 is 0 Å². The monoisotopic (exact) mass is 262 g/mol. The predicted molar refractivity (Wildman–Crippen MR) is 81.7 cm³/mol. The molecule has 0 radical (unpaired) electrons. The minimum Gasteiger partial charge on any atom is -0.351 e. The fourth-order valence-corrected chi connectivity index (χ4v) is 3.40. The molecule has 2 heteroatoms. The van der Waals surface area contributed by atoms with Crippen molar-refractivity contribution >= 4 is 5.84 Å². The van der Waals surface area contributed by atoms with Gasteiger partial charge in [0.05, 0.1) is 12.1 Å². The zero-order valence-electron chi connectivity index (χ0n) is 11.4. The molecule has 100 valence electrons. The molecule has 0 aromatic heterocycles. The first-order chi connectivity index (χ1) is 9.92. The second kappa shape index (κ2) is 4.78. The van der Waals surface area contributed by atoms with E-state index in [4.69, 9.17) is 4.99 Å². The highest BCUT2D eigenvalue weighted by Crippen LogP contribution is 2.39. The fourth-order valence-electron chi connectivity index (χ4n) is 3.40. The topological polar surface area (TPSA) is 15.6 Å². The molecule has 2 aromatic rings. The molecule has 0 spiro atoms. The minimum atomic E-state index is 0.317. The molecular weight excluding hydrogens is 244 g/mol. The number of benzene rings is 2. The second-order valence-electron chi connectivity index (χ2n) is 5.59. The summed E-state index contributed by atoms with van der Waals surface area (Å²) in [7, 11) is 0. The van der Waals surface area contributed by atoms with E-state index in [1.165, 1.54) is 23.4 Å². The largest absolute Gasteiger partial charge is 0.351 e. The highest BCUT2D eigenvalue weighted by Gasteiger charge is 2.36. The van der Waals surface area contributed by atoms with Gasteiger partial charge in [-0.1, -0.05) is 60.7 Å². The third-order valence-corrected chi connectivity index (χ3v) is 4.39. The zero-order valence-corrected chi connectivity index (χ0v) is 11.4. The predicted octanol–water partition coefficient (Wildman–Crippen LogP) is 3.98. The Hall–Kier alpha value is -2.09. The molecule has 1 saturated heterocycles. The summed E-state index contributed by atoms with van der Waals surface area (Å²) < 4.78 is 0. The van der Waals surface area contributed by atoms with Crippen LogP contribution in [0, 0.1) is 0 Å². The van der Waals surface area contributed by atoms with E-state index in [1.54, 1.807) is 0 Å². The van der Waals surface area contributed by atoms with Gasteiger partial charge in [-0.2, -0.15) is 0 Å². The maximum atomic E-state index is 4.94. The van der Waals surface area contributed by atoms with Crippen LogP contribution < -0.4 is 0 Å². The lowest BCUT2D eigenvalue weighted by Gasteiger charge is -2.24. The van der Waals surface area contributed by atoms with Crippen molar-refractivity contribution in [3.8, 4) is 0 Å². The molecule has 2 aromatic carbocycles. The minimum absolute atomic E-state index is 0.317. The van der Waals surface area contributed by atoms with E-state index in [-0.39, 0.29) is 0 Å². The van der Waals surface area contributed by atoms with Crippen molar-refractivity contribution < 1.29 is 0 Å². The molecule has 20 heavy (non-hydrogen) atoms. The Labute approximate surface area is 119 Å². The third kappa shape index (κ3) is 1.92. The first kappa shape index (κ1) is 11.7. The standard InChI is InChI=1S/C18H18N2/c1-3-7-14(8-4-1)16-13-20-17(11-12-18(20)19-16)15-9-5-2-6-10-15/h1-10,16-17H,11-13H2/t16-,17+/m1/s1. The smallest absolute Gasteiger partial charge is 0.100 e. The number of hydrogen-bond acceptors (Lipinski definition) is 2. The van der Waals surface area contributed by atoms with Gasteiger partial charge in [0.15, 0.2) is 0 Å². The Bertz CT molecular complexity index is 618. The molecule has 4 rings (SSSR count). The summed E-state index contributed by atoms with van der Waals surface area (Å²) >= 11 is 0. The summed E-state index contributed by atoms with van der Waals surface area (Å²) in [4.78, 5) is 7.45. The van der Waals surface area contributed by atoms with Crippen LogP contribution in [-0.2, 0) is 0 Å². The number of amidine groups is 1. The van der Waals surface area contributed by atoms with Crippen LogP contribution in [0.1, 0.15) is 36.1 Å². The maximum Gasteiger partial charge on any atom is 0.100 e. The van der Waals surface area contributed by atoms with E-state index in [0.717, 1.165) is 13.0 Å². The van der Waals surface area contributed by atoms with Crippen molar-refractivity contribution in [2.24, 2.45) is 4.99 Å². The Morgan fingerprint density at radius 3 is 2.20 bits per heavy atom. The fraction of sp³-hybridized carbons (Fsp3) is 0.278. The van der Waals surface area contributed by atoms with Crippen molar-refractivity contribution in [2.45, 2.75) is 24.9 Å². The van der Waals surface area contributed by atoms with Crippen molar-refractivity contribution in [1.29, 1.82) is 0 Å². The molecule has 0 amide bonds. The Morgan fingerprint density at radius 2 is 1.50 bits per heavy atom. The first-order valence-corrected chi connectivity index (χ1v) is 7.35. The Balaban J connectivity index is 1.60. The highest BCUT2D eigenvalue weighted by atomic mass is 15.3. The second-order valence-corrected chi connectivity index (χ2v) is 5.59. The van der Waals surface area contributed by atoms with Gasteiger partial charge in [-0.15, -0.1) is 0 Å². The number of aliphatic imine (C=N–C) groups is 1. The van der Waals surface area contributed by atoms with Crippen molar-refractivity contribution in [3.05, 3.63) is 71.8 Å². The van der Waals surface area contributed by atoms with Crippen molar-refractivity contribution in [2.75, 3.05) is 6.54 Å². The quantitative estimate of drug-likeness (QED) is 0.799. The average Bonchev–Trinajstić information content (AvgIpc) is 3.09. The molecule has 1 fully saturated rings. The molecule has 0 saturated carbocycles. The van der Waals surface area contributed by atoms with Gasteiger partial charge < -0.3 is 4.90 Å². The van der Waals surface area contributed by atoms with E-state index in [0.29, 0.717) is 12.1 Å². The highest BCUT2D eigenvalue weighted by molar-refractivity contribution is 5.86. The van der Waals surface area contributed by atoms with Gasteiger partial charge in [0.2, 0.25) is 0 Å². The van der Waals surface area contributed by atoms with Crippen LogP contribution in [0.4, 0.5) is 0 Å². The molecule has 0 N–H and O–H groups in total. The zero-order chi connectivity index (χ0) is 13.4. The Kier molecular flexibility index (Phi) is 2.80. The third-order valence-electron chi connectivity index (χ3n) is 4.39. The number of nitrogens with zero attached hydrogens (tertiary/aromatic N) is 2. The molecule has 0 aliphatic carbocycles. The lowest BCUT2D eigenvalue weighted by Crippen LogP contribution is -2.25. The average molecular weight is 262 g/mol. The normalized spacial score (nSPS) is 24.6. The number of hydrogen-bond donors (Lipinski definition) is 0. The molecule has 2 nitrogen and oxygen atoms in total. The summed E-state index contributed by atoms with van der Waals surface area (Å²) in [5.74, 6) is 1.30. The molecule has 0 unspecified atom stereocenters. The molecule has 0 bridgehead atoms. The molecule has 2 aliphatic heterocycles. The van der Waals surface area contributed by atoms with Gasteiger partial charge in [-0.3, -0.25) is 4.99 Å². The lowest BCUT2D eigenvalue weighted by atomic mass is 10.0. The van der Waals surface area contributed by atoms with E-state index in [9.17, 15) is 0 Å². The lowest BCUT2D eigenvalue weighted by molar-refractivity contribution is 0.347. The van der Waals surface area contributed by atoms with Crippen LogP contribution >= 0.6 is 0 Å². The summed E-state index contributed by atoms with van der Waals surface area (Å²) in [5.41, 5.74) is 2.76. The van der Waals surface area contributed by atoms with Gasteiger partial charge in [-0.05, 0) is 17.5 Å². The maximum absolute atomic E-state index is 4.94. The van der Waals surface area contributed by atoms with Crippen LogP contribution in [0.2, 0.25) is 0 Å². The van der Waals surface area contributed by atoms with Gasteiger partial charge in [0, 0.05) is 13.0 Å². The van der Waals surface area contributed by atoms with Crippen LogP contribution in [0.15, 0.2) is 65.7 Å². The molecule has 2 aliphatic rings. The van der Waals surface area contributed by atoms with Gasteiger partial charge in [0.25, 0.3) is 0 Å². The summed E-state index contributed by atoms with van der Waals surface area (Å²) in [6.45, 7) is 1.03. The van der Waals surface area contributed by atoms with Crippen LogP contribution in [0.3, 0.4) is 0 Å². The SMILES string of the molecule is c1ccc([C@H]2CN3C(=N2)CC[C@H]3c2ccccc2)cc1. The van der Waals surface area contributed by atoms with Crippen molar-refractivity contribution in [1.82, 2.24) is 4.90 Å². The van der Waals surface area contributed by atoms with Crippen LogP contribution in [-0.4, -0.2) is 17.3 Å². The van der Waals surface area contributed by atoms with E-state index in [2.05, 4.69) is 65.6 Å². The molecule has 2 heterocycles. The van der Waals surface area contributed by atoms with E-state index < -0.39 is 0 Å². The van der Waals surface area contributed by atoms with Gasteiger partial charge >= 0.3 is 0 Å². The van der Waals surface area contributed by atoms with Gasteiger partial charge in [-0.25, -0.2) is 0 Å².